The molecule has 11 nitrogen and oxygen atoms in total. The number of carbonyl (C=O) groups excluding carboxylic acids is 3. The van der Waals surface area contributed by atoms with Crippen molar-refractivity contribution in [3.63, 3.8) is 0 Å². The van der Waals surface area contributed by atoms with Crippen LogP contribution in [0.25, 0.3) is 0 Å². The summed E-state index contributed by atoms with van der Waals surface area (Å²) >= 11 is 0. The minimum Gasteiger partial charge on any atom is -0.507 e. The van der Waals surface area contributed by atoms with Crippen LogP contribution in [0, 0.1) is 0 Å². The molecule has 1 fully saturated rings. The van der Waals surface area contributed by atoms with Gasteiger partial charge in [0.1, 0.15) is 35.0 Å². The number of aliphatic hydroxyl groups is 2. The molecule has 0 radical (unpaired) electrons. The second-order valence-corrected chi connectivity index (χ2v) is 12.2. The Hall–Kier alpha value is -3.35. The summed E-state index contributed by atoms with van der Waals surface area (Å²) < 4.78 is 18.0. The van der Waals surface area contributed by atoms with Crippen LogP contribution >= 0.6 is 0 Å². The van der Waals surface area contributed by atoms with Crippen molar-refractivity contribution in [2.75, 3.05) is 28.3 Å². The van der Waals surface area contributed by atoms with E-state index in [0.717, 1.165) is 0 Å². The molecule has 2 aromatic carbocycles. The molecule has 5 rings (SSSR count). The summed E-state index contributed by atoms with van der Waals surface area (Å²) in [7, 11) is 7.14. The Morgan fingerprint density at radius 2 is 1.73 bits per heavy atom. The second kappa shape index (κ2) is 9.88. The van der Waals surface area contributed by atoms with Crippen molar-refractivity contribution >= 4 is 17.3 Å². The first-order valence-electron chi connectivity index (χ1n) is 13.5. The van der Waals surface area contributed by atoms with Gasteiger partial charge in [-0.2, -0.15) is 0 Å². The van der Waals surface area contributed by atoms with E-state index in [-0.39, 0.29) is 46.9 Å². The Labute approximate surface area is 237 Å². The van der Waals surface area contributed by atoms with Crippen LogP contribution < -0.4 is 4.74 Å². The van der Waals surface area contributed by atoms with Gasteiger partial charge in [-0.3, -0.25) is 14.4 Å². The van der Waals surface area contributed by atoms with E-state index in [1.165, 1.54) is 32.2 Å². The van der Waals surface area contributed by atoms with Crippen molar-refractivity contribution in [3.8, 4) is 17.2 Å². The molecule has 41 heavy (non-hydrogen) atoms. The summed E-state index contributed by atoms with van der Waals surface area (Å²) in [5, 5.41) is 45.2. The zero-order valence-electron chi connectivity index (χ0n) is 23.9. The molecule has 0 bridgehead atoms. The molecule has 1 aliphatic heterocycles. The van der Waals surface area contributed by atoms with Crippen molar-refractivity contribution in [2.45, 2.75) is 69.4 Å². The molecule has 1 heterocycles. The molecule has 0 aromatic heterocycles. The number of likely N-dealkylation sites (N-methyl/N-ethyl adjacent to an activating group) is 1. The van der Waals surface area contributed by atoms with E-state index >= 15 is 0 Å². The number of benzene rings is 2. The molecule has 0 unspecified atom stereocenters. The van der Waals surface area contributed by atoms with Crippen LogP contribution in [0.15, 0.2) is 18.2 Å². The largest absolute Gasteiger partial charge is 0.507 e. The summed E-state index contributed by atoms with van der Waals surface area (Å²) in [5.41, 5.74) is -2.91. The van der Waals surface area contributed by atoms with E-state index < -0.39 is 76.6 Å². The fraction of sp³-hybridized carbons (Fsp3) is 0.500. The average molecular weight is 571 g/mol. The van der Waals surface area contributed by atoms with Crippen LogP contribution in [0.2, 0.25) is 0 Å². The maximum atomic E-state index is 13.8. The van der Waals surface area contributed by atoms with Gasteiger partial charge in [-0.15, -0.1) is 0 Å². The number of Topliss-reactive ketones (excluding diaryl/α,β-unsaturated/α-hetero) is 1. The molecular formula is C30H36NO10+. The third-order valence-electron chi connectivity index (χ3n) is 8.72. The highest BCUT2D eigenvalue weighted by Crippen LogP contribution is 2.52. The maximum absolute atomic E-state index is 13.8. The van der Waals surface area contributed by atoms with Gasteiger partial charge in [-0.1, -0.05) is 12.1 Å². The standard InChI is InChI=1S/C30H35NO10/c1-13-25(33)17(31(3,4)5)10-20(40-13)41-19-12-30(38,14(2)32)11-16-22(19)29(37)24-23(27(16)35)26(34)15-8-7-9-18(39-6)21(15)28(24)36/h7-9,13,17,19-20,25,33,38H,10-12H2,1-6H3,(H-,34,35,36,37)/p+1/t13-,17-,19-,20+,25-,30+/m1/s1. The highest BCUT2D eigenvalue weighted by Gasteiger charge is 2.50. The summed E-state index contributed by atoms with van der Waals surface area (Å²) in [6.45, 7) is 2.91. The Morgan fingerprint density at radius 3 is 2.34 bits per heavy atom. The number of hydrogen-bond donors (Lipinski definition) is 4. The average Bonchev–Trinajstić information content (AvgIpc) is 2.89. The topological polar surface area (TPSA) is 160 Å². The molecule has 0 spiro atoms. The molecule has 2 aromatic rings. The number of aliphatic hydroxyl groups excluding tert-OH is 1. The SMILES string of the molecule is COc1cccc2c1C(=O)c1c(O)c3c(c(O)c1C2=O)C[C@@](O)(C(C)=O)C[C@H]3O[C@H]1C[C@@H]([N+](C)(C)C)[C@H](O)[C@@H](C)O1. The minimum absolute atomic E-state index is 0.00330. The van der Waals surface area contributed by atoms with Gasteiger partial charge in [-0.05, 0) is 19.9 Å². The molecule has 0 amide bonds. The number of phenolic OH excluding ortho intramolecular Hbond substituents is 2. The molecule has 4 N–H and O–H groups in total. The second-order valence-electron chi connectivity index (χ2n) is 12.2. The Kier molecular flexibility index (Phi) is 7.03. The molecular weight excluding hydrogens is 534 g/mol. The molecule has 6 atom stereocenters. The number of hydrogen-bond acceptors (Lipinski definition) is 10. The molecule has 1 saturated heterocycles. The van der Waals surface area contributed by atoms with Crippen molar-refractivity contribution < 1.29 is 53.5 Å². The molecule has 2 aliphatic carbocycles. The first-order chi connectivity index (χ1) is 19.1. The normalized spacial score (nSPS) is 29.4. The fourth-order valence-corrected chi connectivity index (χ4v) is 6.37. The van der Waals surface area contributed by atoms with Crippen LogP contribution in [0.5, 0.6) is 17.2 Å². The minimum atomic E-state index is -1.99. The number of ketones is 3. The van der Waals surface area contributed by atoms with Gasteiger partial charge >= 0.3 is 0 Å². The Bertz CT molecular complexity index is 1460. The number of fused-ring (bicyclic) bond motifs is 3. The van der Waals surface area contributed by atoms with Gasteiger partial charge in [0, 0.05) is 29.5 Å². The first kappa shape index (κ1) is 29.2. The van der Waals surface area contributed by atoms with Crippen LogP contribution in [-0.4, -0.2) is 101 Å². The number of methoxy groups -OCH3 is 1. The van der Waals surface area contributed by atoms with Crippen LogP contribution in [0.1, 0.15) is 75.8 Å². The zero-order valence-corrected chi connectivity index (χ0v) is 23.9. The van der Waals surface area contributed by atoms with E-state index in [2.05, 4.69) is 0 Å². The Morgan fingerprint density at radius 1 is 1.07 bits per heavy atom. The third kappa shape index (κ3) is 4.52. The van der Waals surface area contributed by atoms with E-state index in [9.17, 15) is 34.8 Å². The zero-order chi connectivity index (χ0) is 30.2. The fourth-order valence-electron chi connectivity index (χ4n) is 6.37. The summed E-state index contributed by atoms with van der Waals surface area (Å²) in [5.74, 6) is -3.07. The number of quaternary nitrogens is 1. The Balaban J connectivity index is 1.66. The predicted molar refractivity (Wildman–Crippen MR) is 144 cm³/mol. The number of rotatable bonds is 5. The van der Waals surface area contributed by atoms with E-state index in [0.29, 0.717) is 4.48 Å². The van der Waals surface area contributed by atoms with E-state index in [1.54, 1.807) is 6.92 Å². The van der Waals surface area contributed by atoms with Gasteiger partial charge < -0.3 is 39.1 Å². The molecule has 0 saturated carbocycles. The summed E-state index contributed by atoms with van der Waals surface area (Å²) in [6, 6.07) is 4.19. The monoisotopic (exact) mass is 570 g/mol. The van der Waals surface area contributed by atoms with Gasteiger partial charge in [0.15, 0.2) is 17.9 Å². The van der Waals surface area contributed by atoms with Crippen molar-refractivity contribution in [1.82, 2.24) is 0 Å². The van der Waals surface area contributed by atoms with Crippen molar-refractivity contribution in [3.05, 3.63) is 51.6 Å². The first-order valence-corrected chi connectivity index (χ1v) is 13.5. The van der Waals surface area contributed by atoms with Crippen LogP contribution in [-0.2, 0) is 20.7 Å². The quantitative estimate of drug-likeness (QED) is 0.263. The lowest BCUT2D eigenvalue weighted by Crippen LogP contribution is -2.60. The summed E-state index contributed by atoms with van der Waals surface area (Å²) in [4.78, 5) is 40.0. The maximum Gasteiger partial charge on any atom is 0.202 e. The number of nitrogens with zero attached hydrogens (tertiary/aromatic N) is 1. The van der Waals surface area contributed by atoms with Crippen molar-refractivity contribution in [2.24, 2.45) is 0 Å². The predicted octanol–water partition coefficient (Wildman–Crippen LogP) is 1.78. The number of carbonyl (C=O) groups is 3. The van der Waals surface area contributed by atoms with Crippen molar-refractivity contribution in [1.29, 1.82) is 0 Å². The smallest absolute Gasteiger partial charge is 0.202 e. The molecule has 220 valence electrons. The van der Waals surface area contributed by atoms with Gasteiger partial charge in [0.05, 0.1) is 63.6 Å². The molecule has 3 aliphatic rings. The lowest BCUT2D eigenvalue weighted by molar-refractivity contribution is -0.903. The number of ether oxygens (including phenoxy) is 3. The third-order valence-corrected chi connectivity index (χ3v) is 8.72. The van der Waals surface area contributed by atoms with Gasteiger partial charge in [0.2, 0.25) is 5.78 Å². The lowest BCUT2D eigenvalue weighted by Gasteiger charge is -2.46. The van der Waals surface area contributed by atoms with Gasteiger partial charge in [-0.25, -0.2) is 0 Å². The lowest BCUT2D eigenvalue weighted by atomic mass is 9.72. The number of phenols is 2. The van der Waals surface area contributed by atoms with Gasteiger partial charge in [0.25, 0.3) is 0 Å². The van der Waals surface area contributed by atoms with E-state index in [1.807, 2.05) is 21.1 Å². The highest BCUT2D eigenvalue weighted by molar-refractivity contribution is 6.31. The number of aromatic hydroxyl groups is 2. The highest BCUT2D eigenvalue weighted by atomic mass is 16.7. The summed E-state index contributed by atoms with van der Waals surface area (Å²) in [6.07, 6.45) is -3.97. The van der Waals surface area contributed by atoms with Crippen LogP contribution in [0.4, 0.5) is 0 Å². The molecule has 11 heteroatoms. The van der Waals surface area contributed by atoms with Crippen LogP contribution in [0.3, 0.4) is 0 Å². The van der Waals surface area contributed by atoms with E-state index in [4.69, 9.17) is 14.2 Å².